The van der Waals surface area contributed by atoms with Crippen LogP contribution >= 0.6 is 0 Å². The molecule has 0 radical (unpaired) electrons. The van der Waals surface area contributed by atoms with Crippen molar-refractivity contribution in [1.82, 2.24) is 10.2 Å². The number of nitrogens with one attached hydrogen (secondary N) is 1. The van der Waals surface area contributed by atoms with E-state index in [1.165, 1.54) is 17.0 Å². The number of carbonyl (C=O) groups is 2. The Labute approximate surface area is 250 Å². The van der Waals surface area contributed by atoms with Crippen LogP contribution in [0, 0.1) is 13.8 Å². The van der Waals surface area contributed by atoms with Gasteiger partial charge in [-0.1, -0.05) is 54.4 Å². The van der Waals surface area contributed by atoms with Gasteiger partial charge in [0, 0.05) is 12.1 Å². The molecule has 0 heterocycles. The van der Waals surface area contributed by atoms with E-state index in [0.29, 0.717) is 24.5 Å². The molecule has 8 nitrogen and oxygen atoms in total. The SMILES string of the molecule is CCOc1ccc(N(CC(=O)N(Cc2ccc(C)cc2)C(CC)C(=O)NC(C)(C)C)S(=O)(=O)c2ccc(C)cc2)cc1. The van der Waals surface area contributed by atoms with Gasteiger partial charge in [0.05, 0.1) is 17.2 Å². The molecule has 0 fully saturated rings. The highest BCUT2D eigenvalue weighted by molar-refractivity contribution is 7.92. The first-order chi connectivity index (χ1) is 19.7. The van der Waals surface area contributed by atoms with E-state index in [2.05, 4.69) is 5.32 Å². The Kier molecular flexibility index (Phi) is 10.8. The fourth-order valence-electron chi connectivity index (χ4n) is 4.50. The van der Waals surface area contributed by atoms with Gasteiger partial charge in [-0.15, -0.1) is 0 Å². The van der Waals surface area contributed by atoms with Gasteiger partial charge in [0.25, 0.3) is 10.0 Å². The third-order valence-corrected chi connectivity index (χ3v) is 8.47. The third-order valence-electron chi connectivity index (χ3n) is 6.68. The first-order valence-electron chi connectivity index (χ1n) is 14.2. The van der Waals surface area contributed by atoms with E-state index in [9.17, 15) is 18.0 Å². The fraction of sp³-hybridized carbons (Fsp3) is 0.394. The van der Waals surface area contributed by atoms with Crippen LogP contribution in [0.25, 0.3) is 0 Å². The molecule has 9 heteroatoms. The monoisotopic (exact) mass is 593 g/mol. The van der Waals surface area contributed by atoms with E-state index in [0.717, 1.165) is 21.0 Å². The van der Waals surface area contributed by atoms with Crippen LogP contribution in [-0.4, -0.2) is 49.9 Å². The molecular formula is C33H43N3O5S. The van der Waals surface area contributed by atoms with E-state index < -0.39 is 34.1 Å². The van der Waals surface area contributed by atoms with Crippen molar-refractivity contribution in [2.24, 2.45) is 0 Å². The number of nitrogens with zero attached hydrogens (tertiary/aromatic N) is 2. The standard InChI is InChI=1S/C33H43N3O5S/c1-8-30(32(38)34-33(5,6)7)35(22-26-14-10-24(3)11-15-26)31(37)23-36(27-16-18-28(19-17-27)41-9-2)42(39,40)29-20-12-25(4)13-21-29/h10-21,30H,8-9,22-23H2,1-7H3,(H,34,38). The number of amides is 2. The molecular weight excluding hydrogens is 550 g/mol. The molecule has 3 aromatic carbocycles. The first-order valence-corrected chi connectivity index (χ1v) is 15.7. The highest BCUT2D eigenvalue weighted by Gasteiger charge is 2.34. The number of hydrogen-bond acceptors (Lipinski definition) is 5. The van der Waals surface area contributed by atoms with Gasteiger partial charge in [0.15, 0.2) is 0 Å². The minimum atomic E-state index is -4.14. The number of sulfonamides is 1. The molecule has 3 aromatic rings. The minimum Gasteiger partial charge on any atom is -0.494 e. The number of anilines is 1. The lowest BCUT2D eigenvalue weighted by Crippen LogP contribution is -2.55. The van der Waals surface area contributed by atoms with Crippen molar-refractivity contribution in [2.75, 3.05) is 17.5 Å². The third kappa shape index (κ3) is 8.58. The second-order valence-electron chi connectivity index (χ2n) is 11.4. The van der Waals surface area contributed by atoms with Crippen molar-refractivity contribution in [3.05, 3.63) is 89.5 Å². The maximum atomic E-state index is 14.2. The van der Waals surface area contributed by atoms with E-state index in [1.54, 1.807) is 36.4 Å². The number of carbonyl (C=O) groups excluding carboxylic acids is 2. The molecule has 1 atom stereocenters. The minimum absolute atomic E-state index is 0.0670. The molecule has 1 N–H and O–H groups in total. The van der Waals surface area contributed by atoms with E-state index >= 15 is 0 Å². The van der Waals surface area contributed by atoms with Crippen molar-refractivity contribution >= 4 is 27.5 Å². The number of hydrogen-bond donors (Lipinski definition) is 1. The predicted molar refractivity (Wildman–Crippen MR) is 167 cm³/mol. The molecule has 0 aliphatic rings. The van der Waals surface area contributed by atoms with Crippen LogP contribution < -0.4 is 14.4 Å². The normalized spacial score (nSPS) is 12.4. The topological polar surface area (TPSA) is 96.0 Å². The van der Waals surface area contributed by atoms with Crippen LogP contribution in [0.1, 0.15) is 57.7 Å². The van der Waals surface area contributed by atoms with Crippen molar-refractivity contribution in [2.45, 2.75) is 77.9 Å². The van der Waals surface area contributed by atoms with Crippen LogP contribution in [0.4, 0.5) is 5.69 Å². The molecule has 226 valence electrons. The Balaban J connectivity index is 2.07. The summed E-state index contributed by atoms with van der Waals surface area (Å²) in [6.45, 7) is 13.3. The van der Waals surface area contributed by atoms with Crippen LogP contribution in [-0.2, 0) is 26.2 Å². The maximum Gasteiger partial charge on any atom is 0.264 e. The summed E-state index contributed by atoms with van der Waals surface area (Å²) in [4.78, 5) is 29.2. The van der Waals surface area contributed by atoms with Crippen LogP contribution in [0.2, 0.25) is 0 Å². The molecule has 1 unspecified atom stereocenters. The Bertz CT molecular complexity index is 1450. The van der Waals surface area contributed by atoms with Crippen molar-refractivity contribution in [3.8, 4) is 5.75 Å². The Hall–Kier alpha value is -3.85. The maximum absolute atomic E-state index is 14.2. The van der Waals surface area contributed by atoms with Gasteiger partial charge in [-0.25, -0.2) is 8.42 Å². The van der Waals surface area contributed by atoms with Crippen LogP contribution in [0.3, 0.4) is 0 Å². The number of ether oxygens (including phenoxy) is 1. The number of benzene rings is 3. The van der Waals surface area contributed by atoms with Crippen molar-refractivity contribution < 1.29 is 22.7 Å². The summed E-state index contributed by atoms with van der Waals surface area (Å²) < 4.78 is 34.7. The predicted octanol–water partition coefficient (Wildman–Crippen LogP) is 5.62. The molecule has 0 spiro atoms. The summed E-state index contributed by atoms with van der Waals surface area (Å²) in [6.07, 6.45) is 0.354. The second kappa shape index (κ2) is 13.9. The highest BCUT2D eigenvalue weighted by Crippen LogP contribution is 2.27. The van der Waals surface area contributed by atoms with Crippen LogP contribution in [0.15, 0.2) is 77.7 Å². The summed E-state index contributed by atoms with van der Waals surface area (Å²) in [5.41, 5.74) is 2.63. The van der Waals surface area contributed by atoms with Gasteiger partial charge in [0.2, 0.25) is 11.8 Å². The van der Waals surface area contributed by atoms with Crippen molar-refractivity contribution in [1.29, 1.82) is 0 Å². The molecule has 3 rings (SSSR count). The molecule has 0 aliphatic heterocycles. The molecule has 2 amide bonds. The van der Waals surface area contributed by atoms with Crippen LogP contribution in [0.5, 0.6) is 5.75 Å². The molecule has 0 aromatic heterocycles. The van der Waals surface area contributed by atoms with E-state index in [4.69, 9.17) is 4.74 Å². The van der Waals surface area contributed by atoms with Gasteiger partial charge in [-0.05, 0) is 89.9 Å². The average Bonchev–Trinajstić information content (AvgIpc) is 2.92. The zero-order chi connectivity index (χ0) is 31.1. The quantitative estimate of drug-likeness (QED) is 0.294. The summed E-state index contributed by atoms with van der Waals surface area (Å²) in [5, 5.41) is 2.99. The summed E-state index contributed by atoms with van der Waals surface area (Å²) in [6, 6.07) is 20.0. The number of rotatable bonds is 12. The van der Waals surface area contributed by atoms with Crippen molar-refractivity contribution in [3.63, 3.8) is 0 Å². The Morgan fingerprint density at radius 2 is 1.40 bits per heavy atom. The molecule has 0 saturated carbocycles. The second-order valence-corrected chi connectivity index (χ2v) is 13.3. The Morgan fingerprint density at radius 3 is 1.90 bits per heavy atom. The summed E-state index contributed by atoms with van der Waals surface area (Å²) >= 11 is 0. The van der Waals surface area contributed by atoms with Gasteiger partial charge in [0.1, 0.15) is 18.3 Å². The molecule has 0 saturated heterocycles. The average molecular weight is 594 g/mol. The molecule has 0 bridgehead atoms. The fourth-order valence-corrected chi connectivity index (χ4v) is 5.92. The van der Waals surface area contributed by atoms with E-state index in [1.807, 2.05) is 72.7 Å². The summed E-state index contributed by atoms with van der Waals surface area (Å²) in [7, 11) is -4.14. The van der Waals surface area contributed by atoms with Gasteiger partial charge >= 0.3 is 0 Å². The van der Waals surface area contributed by atoms with Gasteiger partial charge in [-0.2, -0.15) is 0 Å². The highest BCUT2D eigenvalue weighted by atomic mass is 32.2. The lowest BCUT2D eigenvalue weighted by atomic mass is 10.1. The van der Waals surface area contributed by atoms with Gasteiger partial charge in [-0.3, -0.25) is 13.9 Å². The summed E-state index contributed by atoms with van der Waals surface area (Å²) in [5.74, 6) is -0.193. The number of aryl methyl sites for hydroxylation is 2. The lowest BCUT2D eigenvalue weighted by molar-refractivity contribution is -0.141. The largest absolute Gasteiger partial charge is 0.494 e. The first kappa shape index (κ1) is 32.7. The molecule has 0 aliphatic carbocycles. The zero-order valence-electron chi connectivity index (χ0n) is 25.7. The molecule has 42 heavy (non-hydrogen) atoms. The smallest absolute Gasteiger partial charge is 0.264 e. The zero-order valence-corrected chi connectivity index (χ0v) is 26.5. The van der Waals surface area contributed by atoms with E-state index in [-0.39, 0.29) is 17.3 Å². The van der Waals surface area contributed by atoms with Gasteiger partial charge < -0.3 is 15.0 Å². The Morgan fingerprint density at radius 1 is 0.857 bits per heavy atom. The lowest BCUT2D eigenvalue weighted by Gasteiger charge is -2.34.